The zero-order chi connectivity index (χ0) is 22.8. The van der Waals surface area contributed by atoms with Gasteiger partial charge in [0.1, 0.15) is 23.7 Å². The van der Waals surface area contributed by atoms with Gasteiger partial charge < -0.3 is 14.8 Å². The van der Waals surface area contributed by atoms with Crippen LogP contribution < -0.4 is 14.8 Å². The van der Waals surface area contributed by atoms with E-state index in [0.717, 1.165) is 38.8 Å². The van der Waals surface area contributed by atoms with Crippen molar-refractivity contribution in [2.45, 2.75) is 6.54 Å². The van der Waals surface area contributed by atoms with Gasteiger partial charge in [0.05, 0.1) is 25.3 Å². The minimum absolute atomic E-state index is 0.0473. The van der Waals surface area contributed by atoms with Crippen LogP contribution in [-0.4, -0.2) is 34.9 Å². The summed E-state index contributed by atoms with van der Waals surface area (Å²) in [5.41, 5.74) is 4.07. The van der Waals surface area contributed by atoms with Gasteiger partial charge in [-0.3, -0.25) is 14.5 Å². The molecule has 0 saturated carbocycles. The SMILES string of the molecule is COc1ccc(NC(=O)Cn2nc(-c3ccccc3)c3cnc4ccc(OC)cc4c32)cc1. The summed E-state index contributed by atoms with van der Waals surface area (Å²) in [7, 11) is 3.23. The average Bonchev–Trinajstić information content (AvgIpc) is 3.23. The van der Waals surface area contributed by atoms with Crippen LogP contribution in [0, 0.1) is 0 Å². The van der Waals surface area contributed by atoms with Crippen molar-refractivity contribution in [1.29, 1.82) is 0 Å². The number of methoxy groups -OCH3 is 2. The lowest BCUT2D eigenvalue weighted by Gasteiger charge is -2.09. The second-order valence-corrected chi connectivity index (χ2v) is 7.55. The molecule has 7 heteroatoms. The zero-order valence-electron chi connectivity index (χ0n) is 18.3. The van der Waals surface area contributed by atoms with Crippen molar-refractivity contribution in [2.24, 2.45) is 0 Å². The maximum atomic E-state index is 12.9. The largest absolute Gasteiger partial charge is 0.497 e. The molecule has 0 bridgehead atoms. The molecule has 0 radical (unpaired) electrons. The van der Waals surface area contributed by atoms with Crippen molar-refractivity contribution in [3.05, 3.63) is 79.0 Å². The summed E-state index contributed by atoms with van der Waals surface area (Å²) in [6.45, 7) is 0.0473. The van der Waals surface area contributed by atoms with Crippen molar-refractivity contribution in [3.8, 4) is 22.8 Å². The van der Waals surface area contributed by atoms with Gasteiger partial charge in [0, 0.05) is 28.2 Å². The van der Waals surface area contributed by atoms with E-state index in [4.69, 9.17) is 14.6 Å². The van der Waals surface area contributed by atoms with Gasteiger partial charge in [-0.15, -0.1) is 0 Å². The number of carbonyl (C=O) groups excluding carboxylic acids is 1. The minimum Gasteiger partial charge on any atom is -0.497 e. The van der Waals surface area contributed by atoms with E-state index in [1.165, 1.54) is 0 Å². The van der Waals surface area contributed by atoms with E-state index >= 15 is 0 Å². The van der Waals surface area contributed by atoms with E-state index in [1.807, 2.05) is 54.7 Å². The van der Waals surface area contributed by atoms with Crippen LogP contribution in [0.15, 0.2) is 79.0 Å². The van der Waals surface area contributed by atoms with Gasteiger partial charge in [-0.05, 0) is 42.5 Å². The molecule has 3 aromatic carbocycles. The molecule has 33 heavy (non-hydrogen) atoms. The number of nitrogens with one attached hydrogen (secondary N) is 1. The van der Waals surface area contributed by atoms with E-state index < -0.39 is 0 Å². The second-order valence-electron chi connectivity index (χ2n) is 7.55. The molecule has 0 saturated heterocycles. The summed E-state index contributed by atoms with van der Waals surface area (Å²) in [6, 6.07) is 22.8. The topological polar surface area (TPSA) is 78.3 Å². The number of fused-ring (bicyclic) bond motifs is 3. The van der Waals surface area contributed by atoms with Crippen LogP contribution in [0.1, 0.15) is 0 Å². The molecule has 0 aliphatic carbocycles. The summed E-state index contributed by atoms with van der Waals surface area (Å²) in [6.07, 6.45) is 1.82. The predicted molar refractivity (Wildman–Crippen MR) is 129 cm³/mol. The van der Waals surface area contributed by atoms with Crippen molar-refractivity contribution < 1.29 is 14.3 Å². The van der Waals surface area contributed by atoms with Crippen LogP contribution in [0.4, 0.5) is 5.69 Å². The first kappa shape index (κ1) is 20.5. The van der Waals surface area contributed by atoms with Gasteiger partial charge >= 0.3 is 0 Å². The second kappa shape index (κ2) is 8.63. The molecule has 5 rings (SSSR count). The van der Waals surface area contributed by atoms with E-state index in [0.29, 0.717) is 11.4 Å². The standard InChI is InChI=1S/C26H22N4O3/c1-32-19-10-8-18(9-11-19)28-24(31)16-30-26-21-14-20(33-2)12-13-23(21)27-15-22(26)25(29-30)17-6-4-3-5-7-17/h3-15H,16H2,1-2H3,(H,28,31). The van der Waals surface area contributed by atoms with Gasteiger partial charge in [0.25, 0.3) is 0 Å². The third kappa shape index (κ3) is 3.96. The van der Waals surface area contributed by atoms with E-state index in [9.17, 15) is 4.79 Å². The highest BCUT2D eigenvalue weighted by atomic mass is 16.5. The number of hydrogen-bond donors (Lipinski definition) is 1. The van der Waals surface area contributed by atoms with Crippen LogP contribution >= 0.6 is 0 Å². The lowest BCUT2D eigenvalue weighted by atomic mass is 10.1. The number of carbonyl (C=O) groups is 1. The van der Waals surface area contributed by atoms with Crippen LogP contribution in [0.5, 0.6) is 11.5 Å². The highest BCUT2D eigenvalue weighted by molar-refractivity contribution is 6.09. The number of rotatable bonds is 6. The lowest BCUT2D eigenvalue weighted by Crippen LogP contribution is -2.19. The number of ether oxygens (including phenoxy) is 2. The molecule has 0 aliphatic rings. The number of hydrogen-bond acceptors (Lipinski definition) is 5. The molecule has 0 atom stereocenters. The monoisotopic (exact) mass is 438 g/mol. The maximum Gasteiger partial charge on any atom is 0.246 e. The molecule has 0 fully saturated rings. The molecule has 164 valence electrons. The first-order chi connectivity index (χ1) is 16.2. The summed E-state index contributed by atoms with van der Waals surface area (Å²) in [4.78, 5) is 17.6. The van der Waals surface area contributed by atoms with Gasteiger partial charge in [0.15, 0.2) is 0 Å². The fourth-order valence-electron chi connectivity index (χ4n) is 3.90. The molecule has 0 unspecified atom stereocenters. The molecule has 2 heterocycles. The number of amides is 1. The summed E-state index contributed by atoms with van der Waals surface area (Å²) in [5, 5.41) is 9.51. The van der Waals surface area contributed by atoms with Crippen LogP contribution in [-0.2, 0) is 11.3 Å². The molecule has 1 N–H and O–H groups in total. The van der Waals surface area contributed by atoms with Crippen molar-refractivity contribution >= 4 is 33.4 Å². The Morgan fingerprint density at radius 3 is 2.36 bits per heavy atom. The van der Waals surface area contributed by atoms with E-state index in [-0.39, 0.29) is 12.5 Å². The van der Waals surface area contributed by atoms with Crippen molar-refractivity contribution in [1.82, 2.24) is 14.8 Å². The fraction of sp³-hybridized carbons (Fsp3) is 0.115. The molecule has 5 aromatic rings. The van der Waals surface area contributed by atoms with Crippen LogP contribution in [0.25, 0.3) is 33.1 Å². The smallest absolute Gasteiger partial charge is 0.246 e. The maximum absolute atomic E-state index is 12.9. The predicted octanol–water partition coefficient (Wildman–Crippen LogP) is 4.91. The molecule has 2 aromatic heterocycles. The van der Waals surface area contributed by atoms with Crippen molar-refractivity contribution in [3.63, 3.8) is 0 Å². The molecule has 0 aliphatic heterocycles. The van der Waals surface area contributed by atoms with Gasteiger partial charge in [-0.25, -0.2) is 0 Å². The van der Waals surface area contributed by atoms with E-state index in [2.05, 4.69) is 10.3 Å². The van der Waals surface area contributed by atoms with E-state index in [1.54, 1.807) is 43.2 Å². The third-order valence-electron chi connectivity index (χ3n) is 5.50. The molecular weight excluding hydrogens is 416 g/mol. The molecule has 1 amide bonds. The fourth-order valence-corrected chi connectivity index (χ4v) is 3.90. The van der Waals surface area contributed by atoms with Crippen LogP contribution in [0.3, 0.4) is 0 Å². The van der Waals surface area contributed by atoms with Gasteiger partial charge in [-0.1, -0.05) is 30.3 Å². The lowest BCUT2D eigenvalue weighted by molar-refractivity contribution is -0.116. The first-order valence-corrected chi connectivity index (χ1v) is 10.5. The number of pyridine rings is 1. The Morgan fingerprint density at radius 2 is 1.64 bits per heavy atom. The number of aromatic nitrogens is 3. The molecule has 0 spiro atoms. The van der Waals surface area contributed by atoms with Gasteiger partial charge in [0.2, 0.25) is 5.91 Å². The summed E-state index contributed by atoms with van der Waals surface area (Å²) < 4.78 is 12.4. The Labute approximate surface area is 190 Å². The summed E-state index contributed by atoms with van der Waals surface area (Å²) in [5.74, 6) is 1.26. The Morgan fingerprint density at radius 1 is 0.909 bits per heavy atom. The number of anilines is 1. The van der Waals surface area contributed by atoms with Crippen LogP contribution in [0.2, 0.25) is 0 Å². The minimum atomic E-state index is -0.183. The Kier molecular flexibility index (Phi) is 5.36. The highest BCUT2D eigenvalue weighted by Crippen LogP contribution is 2.33. The zero-order valence-corrected chi connectivity index (χ0v) is 18.3. The third-order valence-corrected chi connectivity index (χ3v) is 5.50. The molecular formula is C26H22N4O3. The van der Waals surface area contributed by atoms with Crippen molar-refractivity contribution in [2.75, 3.05) is 19.5 Å². The Hall–Kier alpha value is -4.39. The quantitative estimate of drug-likeness (QED) is 0.408. The highest BCUT2D eigenvalue weighted by Gasteiger charge is 2.18. The Balaban J connectivity index is 1.60. The normalized spacial score (nSPS) is 11.0. The first-order valence-electron chi connectivity index (χ1n) is 10.5. The Bertz CT molecular complexity index is 1440. The molecule has 7 nitrogen and oxygen atoms in total. The average molecular weight is 438 g/mol. The number of benzene rings is 3. The van der Waals surface area contributed by atoms with Gasteiger partial charge in [-0.2, -0.15) is 5.10 Å². The number of nitrogens with zero attached hydrogens (tertiary/aromatic N) is 3. The summed E-state index contributed by atoms with van der Waals surface area (Å²) >= 11 is 0.